The van der Waals surface area contributed by atoms with Crippen molar-refractivity contribution in [3.05, 3.63) is 59.8 Å². The lowest BCUT2D eigenvalue weighted by Crippen LogP contribution is -2.40. The highest BCUT2D eigenvalue weighted by atomic mass is 31.1. The molecule has 0 aliphatic heterocycles. The van der Waals surface area contributed by atoms with Gasteiger partial charge < -0.3 is 14.0 Å². The maximum absolute atomic E-state index is 10.9. The number of aromatic nitrogens is 1. The van der Waals surface area contributed by atoms with Crippen molar-refractivity contribution < 1.29 is 23.1 Å². The van der Waals surface area contributed by atoms with E-state index in [1.165, 1.54) is 25.1 Å². The lowest BCUT2D eigenvalue weighted by molar-refractivity contribution is -0.693. The maximum atomic E-state index is 10.9. The standard InChI is InChI=1S/C22H23NO4P/c1-15(2)23-18(12-10-17-7-5-6-8-19(17)23)11-9-16-13-20(25-3)22(27-28-24)21(14-16)26-4/h5-15H,1-4H3/q+1. The molecule has 1 heterocycles. The molecule has 0 amide bonds. The van der Waals surface area contributed by atoms with E-state index < -0.39 is 8.69 Å². The van der Waals surface area contributed by atoms with Crippen LogP contribution in [0.2, 0.25) is 0 Å². The summed E-state index contributed by atoms with van der Waals surface area (Å²) in [6.07, 6.45) is 4.06. The van der Waals surface area contributed by atoms with Crippen LogP contribution in [0.15, 0.2) is 48.5 Å². The van der Waals surface area contributed by atoms with Crippen LogP contribution in [-0.4, -0.2) is 14.2 Å². The van der Waals surface area contributed by atoms with Crippen LogP contribution >= 0.6 is 8.69 Å². The smallest absolute Gasteiger partial charge is 0.396 e. The third-order valence-corrected chi connectivity index (χ3v) is 4.74. The first-order valence-corrected chi connectivity index (χ1v) is 9.69. The van der Waals surface area contributed by atoms with Crippen molar-refractivity contribution in [2.24, 2.45) is 0 Å². The van der Waals surface area contributed by atoms with E-state index in [1.807, 2.05) is 24.3 Å². The Kier molecular flexibility index (Phi) is 6.27. The molecule has 3 rings (SSSR count). The number of rotatable bonds is 7. The van der Waals surface area contributed by atoms with Crippen molar-refractivity contribution in [1.82, 2.24) is 0 Å². The minimum absolute atomic E-state index is 0.307. The number of ether oxygens (including phenoxy) is 2. The molecule has 28 heavy (non-hydrogen) atoms. The Labute approximate surface area is 166 Å². The molecular weight excluding hydrogens is 373 g/mol. The van der Waals surface area contributed by atoms with Gasteiger partial charge in [0.25, 0.3) is 0 Å². The van der Waals surface area contributed by atoms with Gasteiger partial charge in [0, 0.05) is 23.6 Å². The van der Waals surface area contributed by atoms with Crippen molar-refractivity contribution in [2.75, 3.05) is 14.2 Å². The number of nitrogens with zero attached hydrogens (tertiary/aromatic N) is 1. The van der Waals surface area contributed by atoms with Gasteiger partial charge in [-0.05, 0) is 49.8 Å². The number of hydrogen-bond donors (Lipinski definition) is 0. The Morgan fingerprint density at radius 1 is 0.964 bits per heavy atom. The Morgan fingerprint density at radius 2 is 1.64 bits per heavy atom. The van der Waals surface area contributed by atoms with Crippen molar-refractivity contribution in [2.45, 2.75) is 19.9 Å². The number of fused-ring (bicyclic) bond motifs is 1. The summed E-state index contributed by atoms with van der Waals surface area (Å²) in [5.74, 6) is 1.22. The lowest BCUT2D eigenvalue weighted by Gasteiger charge is -2.11. The highest BCUT2D eigenvalue weighted by molar-refractivity contribution is 7.17. The molecule has 0 fully saturated rings. The van der Waals surface area contributed by atoms with Crippen molar-refractivity contribution in [3.8, 4) is 17.2 Å². The average Bonchev–Trinajstić information content (AvgIpc) is 2.72. The first kappa shape index (κ1) is 19.8. The van der Waals surface area contributed by atoms with Crippen molar-refractivity contribution in [1.29, 1.82) is 0 Å². The largest absolute Gasteiger partial charge is 0.493 e. The fourth-order valence-corrected chi connectivity index (χ4v) is 3.51. The fourth-order valence-electron chi connectivity index (χ4n) is 3.26. The van der Waals surface area contributed by atoms with E-state index in [9.17, 15) is 4.57 Å². The molecule has 5 nitrogen and oxygen atoms in total. The zero-order valence-corrected chi connectivity index (χ0v) is 17.3. The van der Waals surface area contributed by atoms with Crippen LogP contribution in [0.1, 0.15) is 31.1 Å². The summed E-state index contributed by atoms with van der Waals surface area (Å²) in [7, 11) is 2.60. The van der Waals surface area contributed by atoms with E-state index in [4.69, 9.17) is 14.0 Å². The average molecular weight is 396 g/mol. The second-order valence-corrected chi connectivity index (χ2v) is 6.87. The minimum atomic E-state index is -0.466. The molecule has 0 spiro atoms. The molecule has 0 unspecified atom stereocenters. The summed E-state index contributed by atoms with van der Waals surface area (Å²) < 4.78 is 29.0. The van der Waals surface area contributed by atoms with Crippen LogP contribution in [0.4, 0.5) is 0 Å². The molecule has 2 aromatic carbocycles. The van der Waals surface area contributed by atoms with Gasteiger partial charge in [0.05, 0.1) is 14.2 Å². The molecule has 0 N–H and O–H groups in total. The number of para-hydroxylation sites is 1. The van der Waals surface area contributed by atoms with Crippen LogP contribution in [0.3, 0.4) is 0 Å². The monoisotopic (exact) mass is 396 g/mol. The molecule has 6 heteroatoms. The third kappa shape index (κ3) is 4.00. The Balaban J connectivity index is 2.07. The van der Waals surface area contributed by atoms with Crippen LogP contribution < -0.4 is 18.6 Å². The van der Waals surface area contributed by atoms with Gasteiger partial charge in [-0.2, -0.15) is 4.57 Å². The molecular formula is C22H23NO4P+. The van der Waals surface area contributed by atoms with E-state index >= 15 is 0 Å². The van der Waals surface area contributed by atoms with E-state index in [0.717, 1.165) is 11.3 Å². The predicted molar refractivity (Wildman–Crippen MR) is 111 cm³/mol. The van der Waals surface area contributed by atoms with Gasteiger partial charge in [-0.25, -0.2) is 4.57 Å². The normalized spacial score (nSPS) is 11.5. The highest BCUT2D eigenvalue weighted by Crippen LogP contribution is 2.40. The third-order valence-electron chi connectivity index (χ3n) is 4.48. The molecule has 0 saturated carbocycles. The molecule has 0 aliphatic rings. The predicted octanol–water partition coefficient (Wildman–Crippen LogP) is 5.48. The first-order valence-electron chi connectivity index (χ1n) is 8.96. The molecule has 0 aliphatic carbocycles. The quantitative estimate of drug-likeness (QED) is 0.392. The molecule has 0 saturated heterocycles. The van der Waals surface area contributed by atoms with Crippen LogP contribution in [0.5, 0.6) is 17.2 Å². The molecule has 1 aromatic heterocycles. The number of hydrogen-bond acceptors (Lipinski definition) is 4. The van der Waals surface area contributed by atoms with Gasteiger partial charge in [0.2, 0.25) is 17.0 Å². The summed E-state index contributed by atoms with van der Waals surface area (Å²) >= 11 is 0. The van der Waals surface area contributed by atoms with Gasteiger partial charge in [-0.15, -0.1) is 0 Å². The van der Waals surface area contributed by atoms with Gasteiger partial charge in [-0.1, -0.05) is 12.1 Å². The lowest BCUT2D eigenvalue weighted by atomic mass is 10.1. The zero-order valence-electron chi connectivity index (χ0n) is 16.4. The summed E-state index contributed by atoms with van der Waals surface area (Å²) in [5, 5.41) is 1.20. The second kappa shape index (κ2) is 8.85. The van der Waals surface area contributed by atoms with E-state index in [2.05, 4.69) is 54.8 Å². The van der Waals surface area contributed by atoms with E-state index in [0.29, 0.717) is 23.3 Å². The van der Waals surface area contributed by atoms with Crippen molar-refractivity contribution in [3.63, 3.8) is 0 Å². The highest BCUT2D eigenvalue weighted by Gasteiger charge is 2.17. The van der Waals surface area contributed by atoms with Gasteiger partial charge >= 0.3 is 8.69 Å². The molecule has 0 bridgehead atoms. The summed E-state index contributed by atoms with van der Waals surface area (Å²) in [4.78, 5) is 0. The Bertz CT molecular complexity index is 1010. The van der Waals surface area contributed by atoms with Gasteiger partial charge in [-0.3, -0.25) is 0 Å². The Morgan fingerprint density at radius 3 is 2.25 bits per heavy atom. The van der Waals surface area contributed by atoms with E-state index in [-0.39, 0.29) is 0 Å². The Hall–Kier alpha value is -2.91. The minimum Gasteiger partial charge on any atom is -0.493 e. The summed E-state index contributed by atoms with van der Waals surface area (Å²) in [6, 6.07) is 16.5. The maximum Gasteiger partial charge on any atom is 0.396 e. The van der Waals surface area contributed by atoms with Gasteiger partial charge in [0.1, 0.15) is 0 Å². The van der Waals surface area contributed by atoms with Crippen LogP contribution in [0, 0.1) is 0 Å². The van der Waals surface area contributed by atoms with Gasteiger partial charge in [0.15, 0.2) is 17.5 Å². The van der Waals surface area contributed by atoms with Crippen molar-refractivity contribution >= 4 is 31.7 Å². The topological polar surface area (TPSA) is 48.6 Å². The van der Waals surface area contributed by atoms with E-state index in [1.54, 1.807) is 0 Å². The zero-order chi connectivity index (χ0) is 20.1. The number of methoxy groups -OCH3 is 2. The second-order valence-electron chi connectivity index (χ2n) is 6.53. The molecule has 3 aromatic rings. The summed E-state index contributed by atoms with van der Waals surface area (Å²) in [5.41, 5.74) is 3.16. The van der Waals surface area contributed by atoms with Crippen LogP contribution in [0.25, 0.3) is 23.1 Å². The van der Waals surface area contributed by atoms with Crippen LogP contribution in [-0.2, 0) is 4.57 Å². The molecule has 0 atom stereocenters. The molecule has 144 valence electrons. The SMILES string of the molecule is COc1cc(C=Cc2ccc3ccccc3[n+]2C(C)C)cc(OC)c1OP=O. The number of benzene rings is 2. The fraction of sp³-hybridized carbons (Fsp3) is 0.227. The first-order chi connectivity index (χ1) is 13.6. The summed E-state index contributed by atoms with van der Waals surface area (Å²) in [6.45, 7) is 4.34. The number of pyridine rings is 1. The molecule has 0 radical (unpaired) electrons.